The van der Waals surface area contributed by atoms with Crippen LogP contribution in [0.4, 0.5) is 18.0 Å². The van der Waals surface area contributed by atoms with E-state index in [0.29, 0.717) is 25.7 Å². The van der Waals surface area contributed by atoms with Gasteiger partial charge in [-0.25, -0.2) is 9.59 Å². The number of nitrogens with one attached hydrogen (secondary N) is 2. The Hall–Kier alpha value is -1.47. The van der Waals surface area contributed by atoms with E-state index in [1.807, 2.05) is 0 Å². The molecule has 1 rings (SSSR count). The van der Waals surface area contributed by atoms with Crippen LogP contribution in [0.3, 0.4) is 0 Å². The predicted molar refractivity (Wildman–Crippen MR) is 69.8 cm³/mol. The highest BCUT2D eigenvalue weighted by Gasteiger charge is 2.58. The number of carboxylic acids is 1. The zero-order valence-corrected chi connectivity index (χ0v) is 12.1. The van der Waals surface area contributed by atoms with Gasteiger partial charge in [0.1, 0.15) is 0 Å². The van der Waals surface area contributed by atoms with Crippen LogP contribution < -0.4 is 10.6 Å². The Balaban J connectivity index is 2.65. The van der Waals surface area contributed by atoms with E-state index in [2.05, 4.69) is 12.2 Å². The van der Waals surface area contributed by atoms with Gasteiger partial charge in [-0.1, -0.05) is 19.8 Å². The van der Waals surface area contributed by atoms with E-state index in [4.69, 9.17) is 5.11 Å². The first-order valence-corrected chi connectivity index (χ1v) is 6.95. The normalized spacial score (nSPS) is 26.3. The zero-order chi connectivity index (χ0) is 16.3. The van der Waals surface area contributed by atoms with Crippen molar-refractivity contribution in [2.24, 2.45) is 5.92 Å². The molecule has 0 aromatic rings. The summed E-state index contributed by atoms with van der Waals surface area (Å²) in [5.74, 6) is -1.61. The fourth-order valence-corrected chi connectivity index (χ4v) is 2.33. The molecule has 1 saturated carbocycles. The number of halogens is 3. The molecule has 122 valence electrons. The van der Waals surface area contributed by atoms with Gasteiger partial charge in [0.15, 0.2) is 0 Å². The van der Waals surface area contributed by atoms with Crippen molar-refractivity contribution in [3.63, 3.8) is 0 Å². The van der Waals surface area contributed by atoms with E-state index in [0.717, 1.165) is 19.3 Å². The van der Waals surface area contributed by atoms with Gasteiger partial charge in [-0.3, -0.25) is 0 Å². The number of amides is 2. The molecule has 0 saturated heterocycles. The van der Waals surface area contributed by atoms with Crippen molar-refractivity contribution in [1.29, 1.82) is 0 Å². The monoisotopic (exact) mass is 310 g/mol. The molecule has 0 spiro atoms. The van der Waals surface area contributed by atoms with E-state index < -0.39 is 23.7 Å². The van der Waals surface area contributed by atoms with Crippen LogP contribution in [0.25, 0.3) is 0 Å². The molecule has 5 nitrogen and oxygen atoms in total. The summed E-state index contributed by atoms with van der Waals surface area (Å²) in [4.78, 5) is 22.5. The molecule has 1 aliphatic rings. The standard InChI is InChI=1S/C13H21F3N2O3/c1-8-4-3-5-9(7-6-8)17-11(21)18-12(2,10(19)20)13(14,15)16/h8-9H,3-7H2,1-2H3,(H,19,20)(H2,17,18,21). The van der Waals surface area contributed by atoms with Gasteiger partial charge in [0.25, 0.3) is 0 Å². The van der Waals surface area contributed by atoms with Crippen LogP contribution in [0.2, 0.25) is 0 Å². The first-order chi connectivity index (χ1) is 9.56. The summed E-state index contributed by atoms with van der Waals surface area (Å²) in [5.41, 5.74) is -3.30. The van der Waals surface area contributed by atoms with Crippen LogP contribution in [0, 0.1) is 5.92 Å². The Morgan fingerprint density at radius 3 is 2.29 bits per heavy atom. The highest BCUT2D eigenvalue weighted by atomic mass is 19.4. The molecule has 0 aromatic carbocycles. The molecule has 0 aromatic heterocycles. The van der Waals surface area contributed by atoms with E-state index in [-0.39, 0.29) is 6.04 Å². The van der Waals surface area contributed by atoms with E-state index >= 15 is 0 Å². The average Bonchev–Trinajstić information content (AvgIpc) is 2.52. The number of rotatable bonds is 3. The third-order valence-electron chi connectivity index (χ3n) is 3.95. The second-order valence-corrected chi connectivity index (χ2v) is 5.84. The second kappa shape index (κ2) is 6.53. The fraction of sp³-hybridized carbons (Fsp3) is 0.846. The lowest BCUT2D eigenvalue weighted by molar-refractivity contribution is -0.203. The summed E-state index contributed by atoms with van der Waals surface area (Å²) in [6, 6.07) is -1.32. The Bertz CT molecular complexity index is 401. The van der Waals surface area contributed by atoms with E-state index in [9.17, 15) is 22.8 Å². The average molecular weight is 310 g/mol. The molecule has 0 radical (unpaired) electrons. The third-order valence-corrected chi connectivity index (χ3v) is 3.95. The maximum absolute atomic E-state index is 12.8. The Morgan fingerprint density at radius 1 is 1.14 bits per heavy atom. The molecule has 1 aliphatic carbocycles. The first-order valence-electron chi connectivity index (χ1n) is 6.95. The molecular formula is C13H21F3N2O3. The smallest absolute Gasteiger partial charge is 0.422 e. The summed E-state index contributed by atoms with van der Waals surface area (Å²) < 4.78 is 38.4. The SMILES string of the molecule is CC1CCCC(NC(=O)NC(C)(C(=O)O)C(F)(F)F)CC1. The minimum absolute atomic E-state index is 0.221. The van der Waals surface area contributed by atoms with Gasteiger partial charge < -0.3 is 15.7 Å². The molecule has 3 N–H and O–H groups in total. The molecule has 21 heavy (non-hydrogen) atoms. The molecule has 8 heteroatoms. The van der Waals surface area contributed by atoms with Crippen molar-refractivity contribution in [1.82, 2.24) is 10.6 Å². The summed E-state index contributed by atoms with van der Waals surface area (Å²) >= 11 is 0. The number of hydrogen-bond acceptors (Lipinski definition) is 2. The maximum atomic E-state index is 12.8. The van der Waals surface area contributed by atoms with Gasteiger partial charge in [-0.2, -0.15) is 13.2 Å². The summed E-state index contributed by atoms with van der Waals surface area (Å²) in [6.45, 7) is 2.53. The van der Waals surface area contributed by atoms with Gasteiger partial charge in [-0.05, 0) is 32.1 Å². The number of urea groups is 1. The lowest BCUT2D eigenvalue weighted by atomic mass is 10.0. The lowest BCUT2D eigenvalue weighted by Gasteiger charge is -2.29. The molecule has 0 heterocycles. The summed E-state index contributed by atoms with van der Waals surface area (Å²) in [7, 11) is 0. The van der Waals surface area contributed by atoms with Gasteiger partial charge in [0.2, 0.25) is 5.54 Å². The minimum atomic E-state index is -5.08. The van der Waals surface area contributed by atoms with Crippen LogP contribution in [-0.4, -0.2) is 34.9 Å². The number of alkyl halides is 3. The second-order valence-electron chi connectivity index (χ2n) is 5.84. The summed E-state index contributed by atoms with van der Waals surface area (Å²) in [5, 5.41) is 12.7. The van der Waals surface area contributed by atoms with Crippen LogP contribution in [0.1, 0.15) is 46.0 Å². The fourth-order valence-electron chi connectivity index (χ4n) is 2.33. The predicted octanol–water partition coefficient (Wildman–Crippen LogP) is 2.66. The van der Waals surface area contributed by atoms with Gasteiger partial charge >= 0.3 is 18.2 Å². The van der Waals surface area contributed by atoms with Gasteiger partial charge in [0.05, 0.1) is 0 Å². The van der Waals surface area contributed by atoms with Crippen molar-refractivity contribution < 1.29 is 27.9 Å². The molecule has 3 atom stereocenters. The van der Waals surface area contributed by atoms with Gasteiger partial charge in [-0.15, -0.1) is 0 Å². The maximum Gasteiger partial charge on any atom is 0.422 e. The van der Waals surface area contributed by atoms with Crippen molar-refractivity contribution >= 4 is 12.0 Å². The minimum Gasteiger partial charge on any atom is -0.479 e. The number of carbonyl (C=O) groups excluding carboxylic acids is 1. The van der Waals surface area contributed by atoms with Crippen LogP contribution in [0.15, 0.2) is 0 Å². The van der Waals surface area contributed by atoms with E-state index in [1.54, 1.807) is 0 Å². The number of carboxylic acid groups (broad SMARTS) is 1. The molecular weight excluding hydrogens is 289 g/mol. The number of aliphatic carboxylic acids is 1. The molecule has 3 unspecified atom stereocenters. The summed E-state index contributed by atoms with van der Waals surface area (Å²) in [6.07, 6.45) is -0.900. The molecule has 1 fully saturated rings. The van der Waals surface area contributed by atoms with Crippen LogP contribution in [-0.2, 0) is 4.79 Å². The Kier molecular flexibility index (Phi) is 5.47. The third kappa shape index (κ3) is 4.50. The highest BCUT2D eigenvalue weighted by Crippen LogP contribution is 2.30. The Morgan fingerprint density at radius 2 is 1.76 bits per heavy atom. The molecule has 0 bridgehead atoms. The van der Waals surface area contributed by atoms with Crippen molar-refractivity contribution in [3.8, 4) is 0 Å². The molecule has 0 aliphatic heterocycles. The number of hydrogen-bond donors (Lipinski definition) is 3. The Labute approximate surface area is 121 Å². The topological polar surface area (TPSA) is 78.4 Å². The largest absolute Gasteiger partial charge is 0.479 e. The van der Waals surface area contributed by atoms with Crippen LogP contribution in [0.5, 0.6) is 0 Å². The zero-order valence-electron chi connectivity index (χ0n) is 12.1. The van der Waals surface area contributed by atoms with E-state index in [1.165, 1.54) is 5.32 Å². The van der Waals surface area contributed by atoms with Gasteiger partial charge in [0, 0.05) is 6.04 Å². The highest BCUT2D eigenvalue weighted by molar-refractivity contribution is 5.86. The van der Waals surface area contributed by atoms with Crippen molar-refractivity contribution in [3.05, 3.63) is 0 Å². The quantitative estimate of drug-likeness (QED) is 0.701. The molecule has 2 amide bonds. The first kappa shape index (κ1) is 17.6. The van der Waals surface area contributed by atoms with Crippen molar-refractivity contribution in [2.75, 3.05) is 0 Å². The van der Waals surface area contributed by atoms with Crippen molar-refractivity contribution in [2.45, 2.75) is 63.7 Å². The van der Waals surface area contributed by atoms with Crippen LogP contribution >= 0.6 is 0 Å². The number of carbonyl (C=O) groups is 2. The lowest BCUT2D eigenvalue weighted by Crippen LogP contribution is -2.64.